The minimum absolute atomic E-state index is 0.203. The molecule has 202 valence electrons. The van der Waals surface area contributed by atoms with Gasteiger partial charge >= 0.3 is 0 Å². The highest BCUT2D eigenvalue weighted by molar-refractivity contribution is 6.06. The Morgan fingerprint density at radius 2 is 1.70 bits per heavy atom. The Morgan fingerprint density at radius 3 is 2.16 bits per heavy atom. The number of nitrogens with two attached hydrogens (primary N) is 1. The highest BCUT2D eigenvalue weighted by Gasteiger charge is 2.16. The van der Waals surface area contributed by atoms with Gasteiger partial charge in [-0.05, 0) is 63.7 Å². The molecule has 1 atom stereocenters. The number of carboxylic acid groups (broad SMARTS) is 1. The molecule has 0 aliphatic heterocycles. The number of ether oxygens (including phenoxy) is 1. The number of hydrogen-bond acceptors (Lipinski definition) is 7. The van der Waals surface area contributed by atoms with Gasteiger partial charge in [-0.3, -0.25) is 4.79 Å². The number of aliphatic imine (C=N–C) groups is 1. The second-order valence-corrected chi connectivity index (χ2v) is 8.99. The molecule has 1 aliphatic rings. The van der Waals surface area contributed by atoms with Crippen molar-refractivity contribution in [2.45, 2.75) is 51.7 Å². The van der Waals surface area contributed by atoms with Crippen LogP contribution in [0, 0.1) is 5.92 Å². The van der Waals surface area contributed by atoms with Crippen LogP contribution >= 0.6 is 0 Å². The number of hydrogen-bond donors (Lipinski definition) is 3. The van der Waals surface area contributed by atoms with Gasteiger partial charge in [0, 0.05) is 31.5 Å². The van der Waals surface area contributed by atoms with E-state index in [-0.39, 0.29) is 12.6 Å². The first-order valence-electron chi connectivity index (χ1n) is 12.5. The van der Waals surface area contributed by atoms with Crippen molar-refractivity contribution in [1.82, 2.24) is 4.90 Å². The molecule has 1 saturated carbocycles. The van der Waals surface area contributed by atoms with Gasteiger partial charge in [0.25, 0.3) is 6.47 Å². The lowest BCUT2D eigenvalue weighted by Crippen LogP contribution is -2.26. The fourth-order valence-corrected chi connectivity index (χ4v) is 3.80. The monoisotopic (exact) mass is 510 g/mol. The van der Waals surface area contributed by atoms with Gasteiger partial charge in [0.2, 0.25) is 0 Å². The van der Waals surface area contributed by atoms with Gasteiger partial charge < -0.3 is 30.6 Å². The largest absolute Gasteiger partial charge is 0.483 e. The number of carbonyl (C=O) groups excluding carboxylic acids is 1. The Labute approximate surface area is 221 Å². The number of nitrogens with one attached hydrogen (secondary N) is 1. The Hall–Kier alpha value is -3.49. The highest BCUT2D eigenvalue weighted by atomic mass is 16.5. The minimum atomic E-state index is -0.250. The molecule has 2 aromatic carbocycles. The first kappa shape index (κ1) is 31.5. The van der Waals surface area contributed by atoms with Gasteiger partial charge in [-0.15, -0.1) is 0 Å². The van der Waals surface area contributed by atoms with Crippen molar-refractivity contribution >= 4 is 29.8 Å². The quantitative estimate of drug-likeness (QED) is 0.312. The average Bonchev–Trinajstić information content (AvgIpc) is 2.92. The van der Waals surface area contributed by atoms with Crippen molar-refractivity contribution in [3.8, 4) is 0 Å². The highest BCUT2D eigenvalue weighted by Crippen LogP contribution is 2.21. The molecular formula is C29H42N4O4. The Bertz CT molecular complexity index is 954. The second-order valence-electron chi connectivity index (χ2n) is 8.99. The van der Waals surface area contributed by atoms with Crippen LogP contribution in [-0.2, 0) is 20.9 Å². The predicted octanol–water partition coefficient (Wildman–Crippen LogP) is 5.23. The van der Waals surface area contributed by atoms with Gasteiger partial charge in [-0.25, -0.2) is 4.99 Å². The lowest BCUT2D eigenvalue weighted by molar-refractivity contribution is -0.122. The summed E-state index contributed by atoms with van der Waals surface area (Å²) in [5.41, 5.74) is 10.4. The summed E-state index contributed by atoms with van der Waals surface area (Å²) in [6, 6.07) is 18.1. The molecule has 0 unspecified atom stereocenters. The van der Waals surface area contributed by atoms with Crippen LogP contribution in [0.1, 0.15) is 44.6 Å². The van der Waals surface area contributed by atoms with Crippen LogP contribution in [0.4, 0.5) is 11.4 Å². The SMILES string of the molecule is CO[C@@H](C)C(=Nc1ccccc1)/C(=C\N)Nc1ccc(CN(C)C)cc1.O=CC1CCCCC1.O=CO. The smallest absolute Gasteiger partial charge is 0.290 e. The van der Waals surface area contributed by atoms with Crippen LogP contribution in [-0.4, -0.2) is 55.8 Å². The predicted molar refractivity (Wildman–Crippen MR) is 151 cm³/mol. The molecule has 0 heterocycles. The van der Waals surface area contributed by atoms with Gasteiger partial charge in [0.05, 0.1) is 23.2 Å². The molecular weight excluding hydrogens is 468 g/mol. The van der Waals surface area contributed by atoms with E-state index in [2.05, 4.69) is 36.4 Å². The zero-order valence-electron chi connectivity index (χ0n) is 22.5. The molecule has 1 fully saturated rings. The van der Waals surface area contributed by atoms with Crippen LogP contribution in [0.25, 0.3) is 0 Å². The van der Waals surface area contributed by atoms with Crippen LogP contribution in [0.5, 0.6) is 0 Å². The molecule has 0 aromatic heterocycles. The molecule has 0 amide bonds. The summed E-state index contributed by atoms with van der Waals surface area (Å²) in [5.74, 6) is 0.406. The maximum Gasteiger partial charge on any atom is 0.290 e. The summed E-state index contributed by atoms with van der Waals surface area (Å²) in [5, 5.41) is 10.2. The van der Waals surface area contributed by atoms with E-state index in [4.69, 9.17) is 25.4 Å². The molecule has 8 heteroatoms. The number of methoxy groups -OCH3 is 1. The zero-order valence-corrected chi connectivity index (χ0v) is 22.5. The van der Waals surface area contributed by atoms with Crippen molar-refractivity contribution in [1.29, 1.82) is 0 Å². The van der Waals surface area contributed by atoms with E-state index in [0.29, 0.717) is 5.92 Å². The molecule has 2 aromatic rings. The van der Waals surface area contributed by atoms with Crippen LogP contribution < -0.4 is 11.1 Å². The van der Waals surface area contributed by atoms with Crippen LogP contribution in [0.15, 0.2) is 71.5 Å². The Balaban J connectivity index is 0.000000516. The van der Waals surface area contributed by atoms with E-state index < -0.39 is 0 Å². The molecule has 4 N–H and O–H groups in total. The van der Waals surface area contributed by atoms with E-state index >= 15 is 0 Å². The maximum absolute atomic E-state index is 10.2. The van der Waals surface area contributed by atoms with Gasteiger partial charge in [-0.2, -0.15) is 0 Å². The van der Waals surface area contributed by atoms with Crippen molar-refractivity contribution in [2.75, 3.05) is 26.5 Å². The number of para-hydroxylation sites is 1. The summed E-state index contributed by atoms with van der Waals surface area (Å²) in [6.07, 6.45) is 8.60. The second kappa shape index (κ2) is 18.7. The van der Waals surface area contributed by atoms with E-state index in [1.54, 1.807) is 7.11 Å². The van der Waals surface area contributed by atoms with Crippen molar-refractivity contribution in [3.63, 3.8) is 0 Å². The van der Waals surface area contributed by atoms with Crippen molar-refractivity contribution < 1.29 is 19.4 Å². The normalized spacial score (nSPS) is 14.9. The van der Waals surface area contributed by atoms with E-state index in [1.807, 2.05) is 49.4 Å². The number of anilines is 1. The molecule has 0 radical (unpaired) electrons. The van der Waals surface area contributed by atoms with Crippen molar-refractivity contribution in [2.24, 2.45) is 16.6 Å². The topological polar surface area (TPSA) is 117 Å². The third-order valence-electron chi connectivity index (χ3n) is 5.76. The number of aldehydes is 1. The third-order valence-corrected chi connectivity index (χ3v) is 5.76. The molecule has 0 spiro atoms. The lowest BCUT2D eigenvalue weighted by Gasteiger charge is -2.18. The third kappa shape index (κ3) is 12.9. The fraction of sp³-hybridized carbons (Fsp3) is 0.414. The fourth-order valence-electron chi connectivity index (χ4n) is 3.80. The minimum Gasteiger partial charge on any atom is -0.483 e. The van der Waals surface area contributed by atoms with E-state index in [1.165, 1.54) is 31.0 Å². The van der Waals surface area contributed by atoms with E-state index in [0.717, 1.165) is 48.5 Å². The lowest BCUT2D eigenvalue weighted by atomic mass is 9.91. The first-order chi connectivity index (χ1) is 17.9. The number of carbonyl (C=O) groups is 2. The van der Waals surface area contributed by atoms with Gasteiger partial charge in [0.1, 0.15) is 6.29 Å². The van der Waals surface area contributed by atoms with E-state index in [9.17, 15) is 4.79 Å². The number of nitrogens with zero attached hydrogens (tertiary/aromatic N) is 2. The summed E-state index contributed by atoms with van der Waals surface area (Å²) < 4.78 is 5.50. The van der Waals surface area contributed by atoms with Gasteiger partial charge in [0.15, 0.2) is 0 Å². The summed E-state index contributed by atoms with van der Waals surface area (Å²) in [6.45, 7) is 2.61. The standard InChI is InChI=1S/C21H28N4O.C7H12O.CH2O2/c1-16(26-4)21(24-18-8-6-5-7-9-18)20(14-22)23-19-12-10-17(11-13-19)15-25(2)3;8-6-7-4-2-1-3-5-7;2-1-3/h5-14,16,23H,15,22H2,1-4H3;6-7H,1-5H2;1H,(H,2,3)/b20-14+,24-21?;;/t16-;;/m0../s1. The number of benzene rings is 2. The Morgan fingerprint density at radius 1 is 1.11 bits per heavy atom. The first-order valence-corrected chi connectivity index (χ1v) is 12.5. The average molecular weight is 511 g/mol. The molecule has 1 aliphatic carbocycles. The molecule has 0 saturated heterocycles. The zero-order chi connectivity index (χ0) is 27.5. The van der Waals surface area contributed by atoms with Crippen molar-refractivity contribution in [3.05, 3.63) is 72.1 Å². The molecule has 8 nitrogen and oxygen atoms in total. The van der Waals surface area contributed by atoms with Crippen LogP contribution in [0.2, 0.25) is 0 Å². The number of rotatable bonds is 9. The Kier molecular flexibility index (Phi) is 16.0. The summed E-state index contributed by atoms with van der Waals surface area (Å²) in [7, 11) is 5.77. The molecule has 37 heavy (non-hydrogen) atoms. The maximum atomic E-state index is 10.2. The summed E-state index contributed by atoms with van der Waals surface area (Å²) >= 11 is 0. The summed E-state index contributed by atoms with van der Waals surface area (Å²) in [4.78, 5) is 25.4. The van der Waals surface area contributed by atoms with Crippen LogP contribution in [0.3, 0.4) is 0 Å². The molecule has 3 rings (SSSR count). The molecule has 0 bridgehead atoms. The van der Waals surface area contributed by atoms with Gasteiger partial charge in [-0.1, -0.05) is 49.6 Å².